The first-order valence-corrected chi connectivity index (χ1v) is 4.13. The zero-order chi connectivity index (χ0) is 12.1. The Bertz CT molecular complexity index is 422. The maximum Gasteiger partial charge on any atom is 0.513 e. The third kappa shape index (κ3) is 3.48. The molecule has 0 aliphatic rings. The van der Waals surface area contributed by atoms with Crippen LogP contribution in [0, 0.1) is 5.82 Å². The van der Waals surface area contributed by atoms with E-state index < -0.39 is 18.0 Å². The predicted molar refractivity (Wildman–Crippen MR) is 52.5 cm³/mol. The fourth-order valence-electron chi connectivity index (χ4n) is 0.730. The number of hydrogen-bond donors (Lipinski definition) is 1. The van der Waals surface area contributed by atoms with Crippen LogP contribution in [0.3, 0.4) is 0 Å². The van der Waals surface area contributed by atoms with Crippen molar-refractivity contribution < 1.29 is 19.0 Å². The average molecular weight is 228 g/mol. The Kier molecular flexibility index (Phi) is 3.70. The maximum atomic E-state index is 13.1. The van der Waals surface area contributed by atoms with Crippen LogP contribution in [-0.2, 0) is 0 Å². The lowest BCUT2D eigenvalue weighted by atomic mass is 10.5. The van der Waals surface area contributed by atoms with Crippen LogP contribution in [-0.4, -0.2) is 46.6 Å². The van der Waals surface area contributed by atoms with Gasteiger partial charge in [0.25, 0.3) is 0 Å². The van der Waals surface area contributed by atoms with Crippen molar-refractivity contribution in [2.45, 2.75) is 0 Å². The van der Waals surface area contributed by atoms with Gasteiger partial charge in [0.1, 0.15) is 0 Å². The molecule has 7 nitrogen and oxygen atoms in total. The van der Waals surface area contributed by atoms with Crippen LogP contribution in [0.2, 0.25) is 0 Å². The Hall–Kier alpha value is -2.25. The van der Waals surface area contributed by atoms with Gasteiger partial charge in [-0.05, 0) is 0 Å². The molecule has 0 saturated carbocycles. The van der Waals surface area contributed by atoms with Crippen LogP contribution in [0.25, 0.3) is 0 Å². The monoisotopic (exact) mass is 228 g/mol. The molecular formula is C8H9FN4O3. The first-order chi connectivity index (χ1) is 7.49. The van der Waals surface area contributed by atoms with Gasteiger partial charge in [-0.1, -0.05) is 0 Å². The quantitative estimate of drug-likeness (QED) is 0.469. The van der Waals surface area contributed by atoms with Gasteiger partial charge in [-0.15, -0.1) is 0 Å². The van der Waals surface area contributed by atoms with E-state index in [0.717, 1.165) is 6.20 Å². The number of ether oxygens (including phenoxy) is 1. The second kappa shape index (κ2) is 5.01. The molecule has 0 fully saturated rings. The summed E-state index contributed by atoms with van der Waals surface area (Å²) in [7, 11) is 3.38. The molecule has 0 amide bonds. The van der Waals surface area contributed by atoms with Crippen LogP contribution in [0.4, 0.5) is 15.0 Å². The highest BCUT2D eigenvalue weighted by Crippen LogP contribution is 2.15. The second-order valence-corrected chi connectivity index (χ2v) is 2.90. The molecule has 0 spiro atoms. The van der Waals surface area contributed by atoms with Crippen molar-refractivity contribution in [2.24, 2.45) is 4.99 Å². The molecule has 0 atom stereocenters. The van der Waals surface area contributed by atoms with Gasteiger partial charge in [-0.3, -0.25) is 0 Å². The molecule has 0 bridgehead atoms. The van der Waals surface area contributed by atoms with Crippen molar-refractivity contribution in [3.8, 4) is 6.01 Å². The van der Waals surface area contributed by atoms with Gasteiger partial charge in [0, 0.05) is 14.1 Å². The summed E-state index contributed by atoms with van der Waals surface area (Å²) < 4.78 is 17.3. The number of hydrogen-bond acceptors (Lipinski definition) is 5. The lowest BCUT2D eigenvalue weighted by Crippen LogP contribution is -2.08. The third-order valence-corrected chi connectivity index (χ3v) is 1.29. The molecule has 0 aromatic carbocycles. The first-order valence-electron chi connectivity index (χ1n) is 4.13. The number of aromatic nitrogens is 2. The minimum absolute atomic E-state index is 0.292. The molecule has 0 unspecified atom stereocenters. The van der Waals surface area contributed by atoms with Gasteiger partial charge < -0.3 is 14.7 Å². The van der Waals surface area contributed by atoms with E-state index in [1.165, 1.54) is 6.34 Å². The average Bonchev–Trinajstić information content (AvgIpc) is 2.18. The van der Waals surface area contributed by atoms with Gasteiger partial charge >= 0.3 is 12.2 Å². The molecule has 16 heavy (non-hydrogen) atoms. The zero-order valence-electron chi connectivity index (χ0n) is 8.59. The molecule has 1 rings (SSSR count). The van der Waals surface area contributed by atoms with Crippen LogP contribution < -0.4 is 4.74 Å². The third-order valence-electron chi connectivity index (χ3n) is 1.29. The van der Waals surface area contributed by atoms with Crippen LogP contribution >= 0.6 is 0 Å². The van der Waals surface area contributed by atoms with E-state index >= 15 is 0 Å². The lowest BCUT2D eigenvalue weighted by molar-refractivity contribution is 0.140. The van der Waals surface area contributed by atoms with Gasteiger partial charge in [-0.2, -0.15) is 4.98 Å². The van der Waals surface area contributed by atoms with Crippen molar-refractivity contribution >= 4 is 18.3 Å². The van der Waals surface area contributed by atoms with Gasteiger partial charge in [0.05, 0.1) is 12.5 Å². The van der Waals surface area contributed by atoms with E-state index in [-0.39, 0.29) is 5.82 Å². The highest BCUT2D eigenvalue weighted by Gasteiger charge is 2.09. The summed E-state index contributed by atoms with van der Waals surface area (Å²) in [4.78, 5) is 22.2. The number of halogens is 1. The predicted octanol–water partition coefficient (Wildman–Crippen LogP) is 0.894. The van der Waals surface area contributed by atoms with Gasteiger partial charge in [0.2, 0.25) is 0 Å². The molecule has 86 valence electrons. The lowest BCUT2D eigenvalue weighted by Gasteiger charge is -2.03. The number of aliphatic imine (C=N–C) groups is 1. The number of carboxylic acid groups (broad SMARTS) is 1. The Balaban J connectivity index is 2.94. The summed E-state index contributed by atoms with van der Waals surface area (Å²) in [5, 5.41) is 8.30. The van der Waals surface area contributed by atoms with Crippen molar-refractivity contribution in [2.75, 3.05) is 14.1 Å². The smallest absolute Gasteiger partial charge is 0.449 e. The molecular weight excluding hydrogens is 219 g/mol. The highest BCUT2D eigenvalue weighted by molar-refractivity contribution is 5.61. The summed E-state index contributed by atoms with van der Waals surface area (Å²) in [6.45, 7) is 0. The Morgan fingerprint density at radius 2 is 2.38 bits per heavy atom. The molecule has 1 heterocycles. The van der Waals surface area contributed by atoms with Crippen molar-refractivity contribution in [1.82, 2.24) is 14.9 Å². The SMILES string of the molecule is CN(C)C=Nc1nc(OC(=O)O)ncc1F. The second-order valence-electron chi connectivity index (χ2n) is 2.90. The molecule has 0 aliphatic carbocycles. The van der Waals surface area contributed by atoms with E-state index in [1.807, 2.05) is 0 Å². The normalized spacial score (nSPS) is 10.4. The first kappa shape index (κ1) is 11.8. The molecule has 1 aromatic rings. The van der Waals surface area contributed by atoms with Crippen molar-refractivity contribution in [3.05, 3.63) is 12.0 Å². The van der Waals surface area contributed by atoms with E-state index in [0.29, 0.717) is 0 Å². The minimum Gasteiger partial charge on any atom is -0.449 e. The Labute approximate surface area is 90.2 Å². The summed E-state index contributed by atoms with van der Waals surface area (Å²) in [5.41, 5.74) is 0. The Morgan fingerprint density at radius 1 is 1.69 bits per heavy atom. The number of carbonyl (C=O) groups is 1. The van der Waals surface area contributed by atoms with Crippen molar-refractivity contribution in [1.29, 1.82) is 0 Å². The van der Waals surface area contributed by atoms with E-state index in [2.05, 4.69) is 19.7 Å². The zero-order valence-corrected chi connectivity index (χ0v) is 8.59. The summed E-state index contributed by atoms with van der Waals surface area (Å²) in [5.74, 6) is -1.06. The number of rotatable bonds is 3. The molecule has 0 aliphatic heterocycles. The fourth-order valence-corrected chi connectivity index (χ4v) is 0.730. The minimum atomic E-state index is -1.57. The molecule has 8 heteroatoms. The summed E-state index contributed by atoms with van der Waals surface area (Å²) in [6.07, 6.45) is 0.526. The van der Waals surface area contributed by atoms with Crippen LogP contribution in [0.5, 0.6) is 6.01 Å². The van der Waals surface area contributed by atoms with Crippen LogP contribution in [0.15, 0.2) is 11.2 Å². The Morgan fingerprint density at radius 3 is 2.94 bits per heavy atom. The maximum absolute atomic E-state index is 13.1. The summed E-state index contributed by atoms with van der Waals surface area (Å²) in [6, 6.07) is -0.472. The van der Waals surface area contributed by atoms with Gasteiger partial charge in [-0.25, -0.2) is 19.2 Å². The topological polar surface area (TPSA) is 87.9 Å². The summed E-state index contributed by atoms with van der Waals surface area (Å²) >= 11 is 0. The molecule has 0 saturated heterocycles. The molecule has 1 aromatic heterocycles. The largest absolute Gasteiger partial charge is 0.513 e. The molecule has 0 radical (unpaired) electrons. The molecule has 1 N–H and O–H groups in total. The van der Waals surface area contributed by atoms with Gasteiger partial charge in [0.15, 0.2) is 11.6 Å². The highest BCUT2D eigenvalue weighted by atomic mass is 19.1. The van der Waals surface area contributed by atoms with Crippen molar-refractivity contribution in [3.63, 3.8) is 0 Å². The van der Waals surface area contributed by atoms with E-state index in [4.69, 9.17) is 5.11 Å². The van der Waals surface area contributed by atoms with E-state index in [9.17, 15) is 9.18 Å². The van der Waals surface area contributed by atoms with E-state index in [1.54, 1.807) is 19.0 Å². The number of nitrogens with zero attached hydrogens (tertiary/aromatic N) is 4. The standard InChI is InChI=1S/C8H9FN4O3/c1-13(2)4-11-6-5(9)3-10-7(12-6)16-8(14)15/h3-4H,1-2H3,(H,14,15). The fraction of sp³-hybridized carbons (Fsp3) is 0.250. The van der Waals surface area contributed by atoms with Crippen LogP contribution in [0.1, 0.15) is 0 Å².